The fraction of sp³-hybridized carbons (Fsp3) is 0.500. The first-order valence-electron chi connectivity index (χ1n) is 6.43. The van der Waals surface area contributed by atoms with Crippen LogP contribution >= 0.6 is 0 Å². The van der Waals surface area contributed by atoms with Gasteiger partial charge >= 0.3 is 5.97 Å². The van der Waals surface area contributed by atoms with E-state index in [1.54, 1.807) is 19.2 Å². The van der Waals surface area contributed by atoms with Gasteiger partial charge in [-0.1, -0.05) is 6.07 Å². The molecule has 0 saturated carbocycles. The van der Waals surface area contributed by atoms with Crippen molar-refractivity contribution >= 4 is 5.97 Å². The van der Waals surface area contributed by atoms with E-state index in [-0.39, 0.29) is 0 Å². The summed E-state index contributed by atoms with van der Waals surface area (Å²) in [6.45, 7) is 4.17. The molecule has 20 heavy (non-hydrogen) atoms. The molecule has 0 radical (unpaired) electrons. The summed E-state index contributed by atoms with van der Waals surface area (Å²) in [5.41, 5.74) is 0.845. The molecule has 0 aliphatic rings. The molecule has 1 aromatic rings. The summed E-state index contributed by atoms with van der Waals surface area (Å²) in [5, 5.41) is 21.1. The van der Waals surface area contributed by atoms with Crippen molar-refractivity contribution in [2.45, 2.75) is 32.5 Å². The predicted octanol–water partition coefficient (Wildman–Crippen LogP) is 1.02. The number of nitrogens with one attached hydrogen (secondary N) is 1. The lowest BCUT2D eigenvalue weighted by Crippen LogP contribution is -2.44. The minimum Gasteiger partial charge on any atom is -0.493 e. The fourth-order valence-electron chi connectivity index (χ4n) is 1.79. The van der Waals surface area contributed by atoms with Gasteiger partial charge in [-0.05, 0) is 31.5 Å². The first-order chi connectivity index (χ1) is 9.49. The van der Waals surface area contributed by atoms with Crippen molar-refractivity contribution in [3.63, 3.8) is 0 Å². The molecule has 0 bridgehead atoms. The second kappa shape index (κ2) is 7.72. The van der Waals surface area contributed by atoms with Crippen molar-refractivity contribution in [1.82, 2.24) is 5.32 Å². The number of carboxylic acid groups (broad SMARTS) is 1. The van der Waals surface area contributed by atoms with Crippen molar-refractivity contribution in [3.05, 3.63) is 23.8 Å². The summed E-state index contributed by atoms with van der Waals surface area (Å²) in [7, 11) is 1.55. The van der Waals surface area contributed by atoms with Gasteiger partial charge in [-0.25, -0.2) is 0 Å². The summed E-state index contributed by atoms with van der Waals surface area (Å²) in [6.07, 6.45) is -0.975. The highest BCUT2D eigenvalue weighted by Gasteiger charge is 2.22. The number of aliphatic hydroxyl groups excluding tert-OH is 1. The topological polar surface area (TPSA) is 88.0 Å². The Kier molecular flexibility index (Phi) is 6.27. The van der Waals surface area contributed by atoms with Gasteiger partial charge in [0.05, 0.1) is 19.8 Å². The van der Waals surface area contributed by atoms with Gasteiger partial charge in [0.1, 0.15) is 6.04 Å². The maximum atomic E-state index is 11.0. The van der Waals surface area contributed by atoms with Gasteiger partial charge in [-0.15, -0.1) is 0 Å². The Balaban J connectivity index is 2.75. The summed E-state index contributed by atoms with van der Waals surface area (Å²) in [4.78, 5) is 11.0. The van der Waals surface area contributed by atoms with E-state index >= 15 is 0 Å². The molecule has 6 heteroatoms. The Labute approximate surface area is 118 Å². The monoisotopic (exact) mass is 283 g/mol. The van der Waals surface area contributed by atoms with Crippen LogP contribution in [0.25, 0.3) is 0 Å². The van der Waals surface area contributed by atoms with Gasteiger partial charge in [0.2, 0.25) is 0 Å². The molecule has 0 saturated heterocycles. The molecule has 0 aliphatic heterocycles. The number of aliphatic carboxylic acids is 1. The van der Waals surface area contributed by atoms with E-state index in [1.165, 1.54) is 6.92 Å². The van der Waals surface area contributed by atoms with Gasteiger partial charge in [0.15, 0.2) is 11.5 Å². The molecule has 0 unspecified atom stereocenters. The molecular weight excluding hydrogens is 262 g/mol. The fourth-order valence-corrected chi connectivity index (χ4v) is 1.79. The average Bonchev–Trinajstić information content (AvgIpc) is 2.39. The van der Waals surface area contributed by atoms with Crippen LogP contribution < -0.4 is 14.8 Å². The molecular formula is C14H21NO5. The first-order valence-corrected chi connectivity index (χ1v) is 6.43. The van der Waals surface area contributed by atoms with Crippen LogP contribution in [0.15, 0.2) is 18.2 Å². The lowest BCUT2D eigenvalue weighted by Gasteiger charge is -2.17. The van der Waals surface area contributed by atoms with E-state index in [4.69, 9.17) is 14.6 Å². The Hall–Kier alpha value is -1.79. The Bertz CT molecular complexity index is 447. The highest BCUT2D eigenvalue weighted by atomic mass is 16.5. The second-order valence-corrected chi connectivity index (χ2v) is 4.36. The summed E-state index contributed by atoms with van der Waals surface area (Å²) >= 11 is 0. The highest BCUT2D eigenvalue weighted by molar-refractivity contribution is 5.74. The Morgan fingerprint density at radius 1 is 1.40 bits per heavy atom. The molecule has 0 heterocycles. The van der Waals surface area contributed by atoms with Crippen LogP contribution in [-0.2, 0) is 11.3 Å². The third-order valence-electron chi connectivity index (χ3n) is 2.80. The largest absolute Gasteiger partial charge is 0.493 e. The van der Waals surface area contributed by atoms with Crippen LogP contribution in [0.2, 0.25) is 0 Å². The lowest BCUT2D eigenvalue weighted by molar-refractivity contribution is -0.142. The SMILES string of the molecule is CCOc1ccc(CN[C@H](C(=O)O)[C@H](C)O)cc1OC. The van der Waals surface area contributed by atoms with Crippen LogP contribution in [0, 0.1) is 0 Å². The molecule has 0 aromatic heterocycles. The molecule has 1 rings (SSSR count). The number of carbonyl (C=O) groups is 1. The number of hydrogen-bond donors (Lipinski definition) is 3. The minimum atomic E-state index is -1.09. The van der Waals surface area contributed by atoms with Gasteiger partial charge in [0.25, 0.3) is 0 Å². The molecule has 0 spiro atoms. The number of hydrogen-bond acceptors (Lipinski definition) is 5. The zero-order valence-corrected chi connectivity index (χ0v) is 11.9. The number of ether oxygens (including phenoxy) is 2. The van der Waals surface area contributed by atoms with Gasteiger partial charge in [0, 0.05) is 6.54 Å². The van der Waals surface area contributed by atoms with Crippen molar-refractivity contribution in [3.8, 4) is 11.5 Å². The zero-order chi connectivity index (χ0) is 15.1. The van der Waals surface area contributed by atoms with Crippen LogP contribution in [0.5, 0.6) is 11.5 Å². The summed E-state index contributed by atoms with van der Waals surface area (Å²) in [5.74, 6) is 0.150. The van der Waals surface area contributed by atoms with Crippen molar-refractivity contribution < 1.29 is 24.5 Å². The van der Waals surface area contributed by atoms with Gasteiger partial charge in [-0.2, -0.15) is 0 Å². The molecule has 112 valence electrons. The lowest BCUT2D eigenvalue weighted by atomic mass is 10.1. The average molecular weight is 283 g/mol. The Morgan fingerprint density at radius 3 is 2.60 bits per heavy atom. The van der Waals surface area contributed by atoms with E-state index in [2.05, 4.69) is 5.32 Å². The predicted molar refractivity (Wildman–Crippen MR) is 74.1 cm³/mol. The molecule has 2 atom stereocenters. The first kappa shape index (κ1) is 16.3. The standard InChI is InChI=1S/C14H21NO5/c1-4-20-11-6-5-10(7-12(11)19-3)8-15-13(9(2)16)14(17)18/h5-7,9,13,15-16H,4,8H2,1-3H3,(H,17,18)/t9-,13-/m0/s1. The van der Waals surface area contributed by atoms with Gasteiger partial charge < -0.3 is 19.7 Å². The van der Waals surface area contributed by atoms with Crippen molar-refractivity contribution in [1.29, 1.82) is 0 Å². The van der Waals surface area contributed by atoms with E-state index in [9.17, 15) is 9.90 Å². The van der Waals surface area contributed by atoms with Crippen LogP contribution in [-0.4, -0.2) is 42.0 Å². The molecule has 0 amide bonds. The van der Waals surface area contributed by atoms with E-state index in [1.807, 2.05) is 13.0 Å². The summed E-state index contributed by atoms with van der Waals surface area (Å²) in [6, 6.07) is 4.37. The minimum absolute atomic E-state index is 0.310. The maximum absolute atomic E-state index is 11.0. The maximum Gasteiger partial charge on any atom is 0.323 e. The van der Waals surface area contributed by atoms with Crippen molar-refractivity contribution in [2.24, 2.45) is 0 Å². The van der Waals surface area contributed by atoms with Crippen LogP contribution in [0.3, 0.4) is 0 Å². The molecule has 0 aliphatic carbocycles. The third kappa shape index (κ3) is 4.40. The van der Waals surface area contributed by atoms with Crippen LogP contribution in [0.1, 0.15) is 19.4 Å². The van der Waals surface area contributed by atoms with Crippen LogP contribution in [0.4, 0.5) is 0 Å². The Morgan fingerprint density at radius 2 is 2.10 bits per heavy atom. The molecule has 3 N–H and O–H groups in total. The van der Waals surface area contributed by atoms with E-state index < -0.39 is 18.1 Å². The van der Waals surface area contributed by atoms with E-state index in [0.29, 0.717) is 24.7 Å². The van der Waals surface area contributed by atoms with Gasteiger partial charge in [-0.3, -0.25) is 10.1 Å². The number of carboxylic acids is 1. The molecule has 0 fully saturated rings. The third-order valence-corrected chi connectivity index (χ3v) is 2.80. The van der Waals surface area contributed by atoms with E-state index in [0.717, 1.165) is 5.56 Å². The zero-order valence-electron chi connectivity index (χ0n) is 11.9. The normalized spacial score (nSPS) is 13.6. The number of methoxy groups -OCH3 is 1. The quantitative estimate of drug-likeness (QED) is 0.660. The second-order valence-electron chi connectivity index (χ2n) is 4.36. The smallest absolute Gasteiger partial charge is 0.323 e. The number of aliphatic hydroxyl groups is 1. The summed E-state index contributed by atoms with van der Waals surface area (Å²) < 4.78 is 10.6. The molecule has 1 aromatic carbocycles. The number of rotatable bonds is 8. The highest BCUT2D eigenvalue weighted by Crippen LogP contribution is 2.27. The number of benzene rings is 1. The molecule has 6 nitrogen and oxygen atoms in total. The van der Waals surface area contributed by atoms with Crippen molar-refractivity contribution in [2.75, 3.05) is 13.7 Å².